The first-order valence-corrected chi connectivity index (χ1v) is 34.7. The maximum Gasteiger partial charge on any atom is 0.220 e. The number of ether oxygens (including phenoxy) is 2. The lowest BCUT2D eigenvalue weighted by molar-refractivity contribution is -0.302. The van der Waals surface area contributed by atoms with E-state index >= 15 is 0 Å². The molecular weight excluding hydrogens is 983 g/mol. The van der Waals surface area contributed by atoms with Gasteiger partial charge in [-0.1, -0.05) is 326 Å². The van der Waals surface area contributed by atoms with Crippen molar-refractivity contribution >= 4 is 5.91 Å². The van der Waals surface area contributed by atoms with E-state index in [4.69, 9.17) is 9.47 Å². The molecule has 1 aliphatic rings. The van der Waals surface area contributed by atoms with Crippen LogP contribution in [0.3, 0.4) is 0 Å². The zero-order valence-corrected chi connectivity index (χ0v) is 52.2. The second kappa shape index (κ2) is 59.6. The quantitative estimate of drug-likeness (QED) is 0.0261. The van der Waals surface area contributed by atoms with E-state index in [0.29, 0.717) is 12.8 Å². The Balaban J connectivity index is 2.12. The molecule has 1 rings (SSSR count). The molecule has 1 fully saturated rings. The molecule has 0 aromatic carbocycles. The van der Waals surface area contributed by atoms with Gasteiger partial charge in [-0.25, -0.2) is 0 Å². The predicted molar refractivity (Wildman–Crippen MR) is 337 cm³/mol. The minimum atomic E-state index is -1.55. The zero-order valence-electron chi connectivity index (χ0n) is 52.2. The van der Waals surface area contributed by atoms with Crippen molar-refractivity contribution in [1.29, 1.82) is 0 Å². The highest BCUT2D eigenvalue weighted by Crippen LogP contribution is 2.24. The van der Waals surface area contributed by atoms with Crippen molar-refractivity contribution in [2.75, 3.05) is 13.2 Å². The number of aliphatic hydroxyl groups excluding tert-OH is 5. The van der Waals surface area contributed by atoms with Gasteiger partial charge < -0.3 is 40.3 Å². The van der Waals surface area contributed by atoms with E-state index in [0.717, 1.165) is 51.4 Å². The zero-order chi connectivity index (χ0) is 57.2. The van der Waals surface area contributed by atoms with Gasteiger partial charge in [0.15, 0.2) is 6.29 Å². The van der Waals surface area contributed by atoms with Crippen LogP contribution in [0.4, 0.5) is 0 Å². The van der Waals surface area contributed by atoms with Crippen LogP contribution in [0.25, 0.3) is 0 Å². The summed E-state index contributed by atoms with van der Waals surface area (Å²) in [5.74, 6) is -0.139. The molecule has 9 nitrogen and oxygen atoms in total. The first kappa shape index (κ1) is 75.4. The summed E-state index contributed by atoms with van der Waals surface area (Å²) < 4.78 is 11.4. The number of aliphatic hydroxyl groups is 5. The summed E-state index contributed by atoms with van der Waals surface area (Å²) in [5.41, 5.74) is 0. The maximum absolute atomic E-state index is 13.1. The number of hydrogen-bond acceptors (Lipinski definition) is 8. The largest absolute Gasteiger partial charge is 0.394 e. The van der Waals surface area contributed by atoms with Gasteiger partial charge in [0.1, 0.15) is 24.4 Å². The Morgan fingerprint density at radius 3 is 1.10 bits per heavy atom. The smallest absolute Gasteiger partial charge is 0.220 e. The molecule has 0 aromatic rings. The average Bonchev–Trinajstić information content (AvgIpc) is 3.47. The highest BCUT2D eigenvalue weighted by atomic mass is 16.7. The van der Waals surface area contributed by atoms with E-state index in [1.807, 2.05) is 0 Å². The van der Waals surface area contributed by atoms with E-state index in [-0.39, 0.29) is 12.5 Å². The number of rotatable bonds is 61. The van der Waals surface area contributed by atoms with Crippen molar-refractivity contribution < 1.29 is 39.8 Å². The molecular formula is C70H133NO8. The van der Waals surface area contributed by atoms with Crippen LogP contribution >= 0.6 is 0 Å². The highest BCUT2D eigenvalue weighted by molar-refractivity contribution is 5.76. The van der Waals surface area contributed by atoms with Gasteiger partial charge in [0, 0.05) is 6.42 Å². The van der Waals surface area contributed by atoms with Crippen molar-refractivity contribution in [3.63, 3.8) is 0 Å². The molecule has 1 saturated heterocycles. The van der Waals surface area contributed by atoms with Crippen LogP contribution in [-0.4, -0.2) is 87.5 Å². The molecule has 9 heteroatoms. The highest BCUT2D eigenvalue weighted by Gasteiger charge is 2.44. The average molecular weight is 1120 g/mol. The molecule has 0 radical (unpaired) electrons. The molecule has 1 amide bonds. The van der Waals surface area contributed by atoms with Gasteiger partial charge in [-0.15, -0.1) is 0 Å². The van der Waals surface area contributed by atoms with Crippen LogP contribution in [0.5, 0.6) is 0 Å². The molecule has 6 N–H and O–H groups in total. The number of nitrogens with one attached hydrogen (secondary N) is 1. The van der Waals surface area contributed by atoms with Crippen LogP contribution in [0.2, 0.25) is 0 Å². The SMILES string of the molecule is CCCCCCC/C=C\C/C=C\C/C=C\CCCCCCCCCCCCCCCCC(=O)NC(COC1OC(CO)C(O)C(O)C1O)C(O)CCCCCCCCCCCCCCCCCCCCCCCCCCCCC. The van der Waals surface area contributed by atoms with Crippen molar-refractivity contribution in [2.24, 2.45) is 0 Å². The van der Waals surface area contributed by atoms with Gasteiger partial charge in [0.25, 0.3) is 0 Å². The number of hydrogen-bond donors (Lipinski definition) is 6. The number of unbranched alkanes of at least 4 members (excludes halogenated alkanes) is 45. The van der Waals surface area contributed by atoms with Crippen LogP contribution in [0.1, 0.15) is 348 Å². The van der Waals surface area contributed by atoms with Crippen molar-refractivity contribution in [1.82, 2.24) is 5.32 Å². The molecule has 1 heterocycles. The van der Waals surface area contributed by atoms with Crippen molar-refractivity contribution in [2.45, 2.75) is 391 Å². The number of carbonyl (C=O) groups is 1. The van der Waals surface area contributed by atoms with E-state index < -0.39 is 49.5 Å². The third-order valence-corrected chi connectivity index (χ3v) is 16.7. The Morgan fingerprint density at radius 1 is 0.430 bits per heavy atom. The third kappa shape index (κ3) is 48.5. The lowest BCUT2D eigenvalue weighted by Gasteiger charge is -2.40. The van der Waals surface area contributed by atoms with Crippen LogP contribution in [0.15, 0.2) is 36.5 Å². The first-order chi connectivity index (χ1) is 38.8. The molecule has 1 aliphatic heterocycles. The Bertz CT molecular complexity index is 1340. The monoisotopic (exact) mass is 1120 g/mol. The summed E-state index contributed by atoms with van der Waals surface area (Å²) in [6.45, 7) is 3.88. The Kier molecular flexibility index (Phi) is 56.9. The molecule has 0 saturated carbocycles. The summed E-state index contributed by atoms with van der Waals surface area (Å²) in [4.78, 5) is 13.1. The maximum atomic E-state index is 13.1. The fraction of sp³-hybridized carbons (Fsp3) is 0.900. The molecule has 79 heavy (non-hydrogen) atoms. The van der Waals surface area contributed by atoms with E-state index in [1.165, 1.54) is 270 Å². The van der Waals surface area contributed by atoms with Gasteiger partial charge in [0.05, 0.1) is 25.4 Å². The molecule has 0 spiro atoms. The lowest BCUT2D eigenvalue weighted by atomic mass is 9.99. The minimum absolute atomic E-state index is 0.135. The summed E-state index contributed by atoms with van der Waals surface area (Å²) >= 11 is 0. The lowest BCUT2D eigenvalue weighted by Crippen LogP contribution is -2.60. The summed E-state index contributed by atoms with van der Waals surface area (Å²) in [7, 11) is 0. The molecule has 0 bridgehead atoms. The topological polar surface area (TPSA) is 149 Å². The summed E-state index contributed by atoms with van der Waals surface area (Å²) in [6.07, 6.45) is 72.0. The Hall–Kier alpha value is -1.59. The van der Waals surface area contributed by atoms with Crippen LogP contribution < -0.4 is 5.32 Å². The fourth-order valence-corrected chi connectivity index (χ4v) is 11.3. The van der Waals surface area contributed by atoms with Crippen molar-refractivity contribution in [3.8, 4) is 0 Å². The second-order valence-electron chi connectivity index (χ2n) is 24.3. The Morgan fingerprint density at radius 2 is 0.747 bits per heavy atom. The molecule has 0 aromatic heterocycles. The molecule has 466 valence electrons. The standard InChI is InChI=1S/C70H133NO8/c1-3-5-7-9-11-13-15-17-19-21-23-25-27-29-31-32-34-36-38-40-42-44-46-48-50-52-54-56-58-60-66(74)71-63(62-78-70-69(77)68(76)67(75)65(61-72)79-70)64(73)59-57-55-53-51-49-47-45-43-41-39-37-35-33-30-28-26-24-22-20-18-16-14-12-10-8-6-4-2/h15,17,21,23,27,29,63-65,67-70,72-73,75-77H,3-14,16,18-20,22,24-26,28,30-62H2,1-2H3,(H,71,74)/b17-15-,23-21-,29-27-. The van der Waals surface area contributed by atoms with Gasteiger partial charge >= 0.3 is 0 Å². The van der Waals surface area contributed by atoms with Crippen LogP contribution in [-0.2, 0) is 14.3 Å². The number of amides is 1. The van der Waals surface area contributed by atoms with E-state index in [2.05, 4.69) is 55.6 Å². The number of carbonyl (C=O) groups excluding carboxylic acids is 1. The van der Waals surface area contributed by atoms with Gasteiger partial charge in [-0.3, -0.25) is 4.79 Å². The second-order valence-corrected chi connectivity index (χ2v) is 24.3. The third-order valence-electron chi connectivity index (χ3n) is 16.7. The van der Waals surface area contributed by atoms with Gasteiger partial charge in [-0.2, -0.15) is 0 Å². The van der Waals surface area contributed by atoms with E-state index in [1.54, 1.807) is 0 Å². The normalized spacial score (nSPS) is 18.7. The summed E-state index contributed by atoms with van der Waals surface area (Å²) in [5, 5.41) is 54.9. The Labute approximate surface area is 489 Å². The van der Waals surface area contributed by atoms with Gasteiger partial charge in [0.2, 0.25) is 5.91 Å². The number of allylic oxidation sites excluding steroid dienone is 6. The minimum Gasteiger partial charge on any atom is -0.394 e. The first-order valence-electron chi connectivity index (χ1n) is 34.7. The summed E-state index contributed by atoms with van der Waals surface area (Å²) in [6, 6.07) is -0.721. The van der Waals surface area contributed by atoms with Crippen molar-refractivity contribution in [3.05, 3.63) is 36.5 Å². The van der Waals surface area contributed by atoms with Gasteiger partial charge in [-0.05, 0) is 51.4 Å². The molecule has 0 aliphatic carbocycles. The van der Waals surface area contributed by atoms with Crippen LogP contribution in [0, 0.1) is 0 Å². The molecule has 7 unspecified atom stereocenters. The molecule has 7 atom stereocenters. The van der Waals surface area contributed by atoms with E-state index in [9.17, 15) is 30.3 Å². The fourth-order valence-electron chi connectivity index (χ4n) is 11.3. The predicted octanol–water partition coefficient (Wildman–Crippen LogP) is 18.6.